The zero-order chi connectivity index (χ0) is 27.0. The zero-order valence-electron chi connectivity index (χ0n) is 22.4. The predicted octanol–water partition coefficient (Wildman–Crippen LogP) is 7.32. The van der Waals surface area contributed by atoms with E-state index in [1.165, 1.54) is 16.7 Å². The maximum atomic E-state index is 14.2. The average molecular weight is 538 g/mol. The Morgan fingerprint density at radius 1 is 1.03 bits per heavy atom. The van der Waals surface area contributed by atoms with Crippen molar-refractivity contribution in [3.05, 3.63) is 112 Å². The van der Waals surface area contributed by atoms with Crippen LogP contribution in [0.25, 0.3) is 17.3 Å². The molecule has 198 valence electrons. The molecule has 4 aromatic rings. The number of hydrogen-bond donors (Lipinski definition) is 0. The Morgan fingerprint density at radius 3 is 2.54 bits per heavy atom. The molecule has 1 aromatic heterocycles. The Hall–Kier alpha value is -3.67. The zero-order valence-corrected chi connectivity index (χ0v) is 23.1. The molecule has 6 rings (SSSR count). The Balaban J connectivity index is 1.25. The lowest BCUT2D eigenvalue weighted by molar-refractivity contribution is 0.0977. The predicted molar refractivity (Wildman–Crippen MR) is 157 cm³/mol. The summed E-state index contributed by atoms with van der Waals surface area (Å²) in [5.41, 5.74) is 6.33. The summed E-state index contributed by atoms with van der Waals surface area (Å²) in [6.45, 7) is 7.49. The number of amides is 1. The summed E-state index contributed by atoms with van der Waals surface area (Å²) >= 11 is 6.49. The van der Waals surface area contributed by atoms with Crippen LogP contribution in [0.2, 0.25) is 5.02 Å². The number of halogens is 1. The molecule has 0 radical (unpaired) electrons. The van der Waals surface area contributed by atoms with Crippen LogP contribution in [0.5, 0.6) is 0 Å². The first-order valence-electron chi connectivity index (χ1n) is 13.5. The first-order valence-corrected chi connectivity index (χ1v) is 13.9. The second-order valence-electron chi connectivity index (χ2n) is 10.7. The van der Waals surface area contributed by atoms with Crippen LogP contribution in [0.15, 0.2) is 83.4 Å². The summed E-state index contributed by atoms with van der Waals surface area (Å²) in [7, 11) is 0. The largest absolute Gasteiger partial charge is 0.360 e. The van der Waals surface area contributed by atoms with Gasteiger partial charge in [-0.05, 0) is 63.0 Å². The molecule has 39 heavy (non-hydrogen) atoms. The molecule has 3 aromatic carbocycles. The molecule has 0 N–H and O–H groups in total. The van der Waals surface area contributed by atoms with Crippen molar-refractivity contribution < 1.29 is 9.32 Å². The summed E-state index contributed by atoms with van der Waals surface area (Å²) in [5.74, 6) is 0.420. The fraction of sp³-hybridized carbons (Fsp3) is 0.273. The maximum Gasteiger partial charge on any atom is 0.264 e. The number of carbonyl (C=O) groups is 1. The SMILES string of the molecule is Cc1ccc2c(c1)C1(CCN(CC=Cc3ccccc3)CC1)CN2C(=O)c1c(-c2ccccc2Cl)noc1C. The Bertz CT molecular complexity index is 1530. The van der Waals surface area contributed by atoms with Crippen LogP contribution in [-0.2, 0) is 5.41 Å². The lowest BCUT2D eigenvalue weighted by Crippen LogP contribution is -2.46. The van der Waals surface area contributed by atoms with Crippen molar-refractivity contribution in [3.8, 4) is 11.3 Å². The van der Waals surface area contributed by atoms with Gasteiger partial charge in [-0.1, -0.05) is 95.1 Å². The third kappa shape index (κ3) is 4.81. The monoisotopic (exact) mass is 537 g/mol. The molecular weight excluding hydrogens is 506 g/mol. The Labute approximate surface area is 234 Å². The van der Waals surface area contributed by atoms with Gasteiger partial charge in [0.2, 0.25) is 0 Å². The van der Waals surface area contributed by atoms with E-state index in [9.17, 15) is 4.79 Å². The number of benzene rings is 3. The number of aromatic nitrogens is 1. The van der Waals surface area contributed by atoms with Crippen molar-refractivity contribution in [1.82, 2.24) is 10.1 Å². The summed E-state index contributed by atoms with van der Waals surface area (Å²) in [4.78, 5) is 18.7. The molecule has 1 saturated heterocycles. The Kier molecular flexibility index (Phi) is 6.88. The third-order valence-corrected chi connectivity index (χ3v) is 8.54. The average Bonchev–Trinajstić information content (AvgIpc) is 3.48. The van der Waals surface area contributed by atoms with E-state index in [2.05, 4.69) is 71.6 Å². The van der Waals surface area contributed by atoms with Gasteiger partial charge in [-0.3, -0.25) is 9.69 Å². The molecule has 0 unspecified atom stereocenters. The molecule has 0 bridgehead atoms. The van der Waals surface area contributed by atoms with Gasteiger partial charge in [0.15, 0.2) is 0 Å². The maximum absolute atomic E-state index is 14.2. The van der Waals surface area contributed by atoms with E-state index in [1.54, 1.807) is 13.0 Å². The highest BCUT2D eigenvalue weighted by Crippen LogP contribution is 2.48. The molecule has 1 fully saturated rings. The van der Waals surface area contributed by atoms with Gasteiger partial charge >= 0.3 is 0 Å². The normalized spacial score (nSPS) is 16.7. The van der Waals surface area contributed by atoms with Crippen LogP contribution in [0, 0.1) is 13.8 Å². The van der Waals surface area contributed by atoms with Gasteiger partial charge in [0, 0.05) is 29.8 Å². The number of rotatable bonds is 5. The summed E-state index contributed by atoms with van der Waals surface area (Å²) < 4.78 is 5.54. The van der Waals surface area contributed by atoms with Crippen LogP contribution in [0.1, 0.15) is 45.7 Å². The van der Waals surface area contributed by atoms with Gasteiger partial charge in [-0.15, -0.1) is 0 Å². The Morgan fingerprint density at radius 2 is 1.77 bits per heavy atom. The fourth-order valence-corrected chi connectivity index (χ4v) is 6.28. The van der Waals surface area contributed by atoms with Crippen molar-refractivity contribution >= 4 is 29.3 Å². The van der Waals surface area contributed by atoms with Crippen LogP contribution in [-0.4, -0.2) is 42.1 Å². The first kappa shape index (κ1) is 25.6. The van der Waals surface area contributed by atoms with E-state index >= 15 is 0 Å². The molecular formula is C33H32ClN3O2. The summed E-state index contributed by atoms with van der Waals surface area (Å²) in [5, 5.41) is 4.80. The smallest absolute Gasteiger partial charge is 0.264 e. The van der Waals surface area contributed by atoms with Crippen LogP contribution < -0.4 is 4.90 Å². The molecule has 1 spiro atoms. The standard InChI is InChI=1S/C33H32ClN3O2/c1-23-14-15-29-27(21-23)33(16-19-36(20-17-33)18-8-11-25-9-4-3-5-10-25)22-37(29)32(38)30-24(2)39-35-31(30)26-12-6-7-13-28(26)34/h3-15,21H,16-20,22H2,1-2H3. The van der Waals surface area contributed by atoms with E-state index in [0.29, 0.717) is 34.1 Å². The van der Waals surface area contributed by atoms with Crippen molar-refractivity contribution in [1.29, 1.82) is 0 Å². The van der Waals surface area contributed by atoms with E-state index in [0.717, 1.165) is 38.2 Å². The third-order valence-electron chi connectivity index (χ3n) is 8.21. The van der Waals surface area contributed by atoms with Gasteiger partial charge in [0.05, 0.1) is 5.02 Å². The first-order chi connectivity index (χ1) is 18.9. The number of carbonyl (C=O) groups excluding carboxylic acids is 1. The molecule has 2 aliphatic rings. The summed E-state index contributed by atoms with van der Waals surface area (Å²) in [6.07, 6.45) is 6.45. The fourth-order valence-electron chi connectivity index (χ4n) is 6.05. The van der Waals surface area contributed by atoms with E-state index in [4.69, 9.17) is 16.1 Å². The molecule has 6 heteroatoms. The van der Waals surface area contributed by atoms with Gasteiger partial charge < -0.3 is 9.42 Å². The minimum absolute atomic E-state index is 0.0632. The highest BCUT2D eigenvalue weighted by Gasteiger charge is 2.47. The lowest BCUT2D eigenvalue weighted by atomic mass is 9.74. The van der Waals surface area contributed by atoms with Crippen molar-refractivity contribution in [2.24, 2.45) is 0 Å². The second kappa shape index (κ2) is 10.5. The van der Waals surface area contributed by atoms with Crippen LogP contribution in [0.3, 0.4) is 0 Å². The molecule has 0 atom stereocenters. The van der Waals surface area contributed by atoms with Gasteiger partial charge in [-0.2, -0.15) is 0 Å². The highest BCUT2D eigenvalue weighted by molar-refractivity contribution is 6.33. The topological polar surface area (TPSA) is 49.6 Å². The number of aryl methyl sites for hydroxylation is 2. The number of nitrogens with zero attached hydrogens (tertiary/aromatic N) is 3. The van der Waals surface area contributed by atoms with Crippen LogP contribution >= 0.6 is 11.6 Å². The van der Waals surface area contributed by atoms with Crippen molar-refractivity contribution in [2.45, 2.75) is 32.1 Å². The number of fused-ring (bicyclic) bond motifs is 2. The van der Waals surface area contributed by atoms with Crippen LogP contribution in [0.4, 0.5) is 5.69 Å². The number of hydrogen-bond acceptors (Lipinski definition) is 4. The van der Waals surface area contributed by atoms with Gasteiger partial charge in [0.1, 0.15) is 17.0 Å². The quantitative estimate of drug-likeness (QED) is 0.267. The van der Waals surface area contributed by atoms with E-state index < -0.39 is 0 Å². The molecule has 3 heterocycles. The van der Waals surface area contributed by atoms with Gasteiger partial charge in [-0.25, -0.2) is 0 Å². The minimum Gasteiger partial charge on any atom is -0.360 e. The highest BCUT2D eigenvalue weighted by atomic mass is 35.5. The molecule has 0 saturated carbocycles. The second-order valence-corrected chi connectivity index (χ2v) is 11.2. The molecule has 2 aliphatic heterocycles. The number of piperidine rings is 1. The van der Waals surface area contributed by atoms with Crippen molar-refractivity contribution in [3.63, 3.8) is 0 Å². The van der Waals surface area contributed by atoms with Crippen molar-refractivity contribution in [2.75, 3.05) is 31.1 Å². The number of anilines is 1. The lowest BCUT2D eigenvalue weighted by Gasteiger charge is -2.39. The van der Waals surface area contributed by atoms with Gasteiger partial charge in [0.25, 0.3) is 5.91 Å². The minimum atomic E-state index is -0.0844. The van der Waals surface area contributed by atoms with E-state index in [-0.39, 0.29) is 11.3 Å². The molecule has 1 amide bonds. The molecule has 5 nitrogen and oxygen atoms in total. The number of likely N-dealkylation sites (tertiary alicyclic amines) is 1. The van der Waals surface area contributed by atoms with E-state index in [1.807, 2.05) is 29.2 Å². The summed E-state index contributed by atoms with van der Waals surface area (Å²) in [6, 6.07) is 24.3. The molecule has 0 aliphatic carbocycles.